The quantitative estimate of drug-likeness (QED) is 0.343. The molecule has 0 aromatic rings. The van der Waals surface area contributed by atoms with Crippen LogP contribution in [0, 0.1) is 17.8 Å². The number of esters is 1. The van der Waals surface area contributed by atoms with Crippen molar-refractivity contribution in [3.05, 3.63) is 12.2 Å². The largest absolute Gasteiger partial charge is 0.467 e. The standard InChI is InChI=1S/C26H43NO7/c1-8-10-11-12-20-19(13-14-26(20)32-15-16-33-26)17-21(28)27(24(30)34-25(4,5)6)22(18(3)9-2)23(29)31-7/h10-11,18-20,22H,8-9,12-17H2,1-7H3/b11-10-/t18-,19+,20+,22-/m0/s1. The molecule has 1 heterocycles. The number of amides is 2. The van der Waals surface area contributed by atoms with Gasteiger partial charge in [-0.2, -0.15) is 0 Å². The molecule has 8 nitrogen and oxygen atoms in total. The predicted molar refractivity (Wildman–Crippen MR) is 128 cm³/mol. The minimum Gasteiger partial charge on any atom is -0.467 e. The molecule has 0 radical (unpaired) electrons. The van der Waals surface area contributed by atoms with Gasteiger partial charge in [-0.15, -0.1) is 0 Å². The lowest BCUT2D eigenvalue weighted by atomic mass is 9.86. The van der Waals surface area contributed by atoms with Crippen molar-refractivity contribution in [1.29, 1.82) is 0 Å². The van der Waals surface area contributed by atoms with E-state index in [0.29, 0.717) is 26.1 Å². The van der Waals surface area contributed by atoms with E-state index in [-0.39, 0.29) is 24.2 Å². The first-order valence-electron chi connectivity index (χ1n) is 12.5. The number of nitrogens with zero attached hydrogens (tertiary/aromatic N) is 1. The minimum atomic E-state index is -1.05. The Bertz CT molecular complexity index is 736. The van der Waals surface area contributed by atoms with E-state index in [4.69, 9.17) is 18.9 Å². The third kappa shape index (κ3) is 6.81. The Morgan fingerprint density at radius 2 is 1.79 bits per heavy atom. The van der Waals surface area contributed by atoms with E-state index in [0.717, 1.165) is 24.2 Å². The van der Waals surface area contributed by atoms with Crippen LogP contribution in [0.3, 0.4) is 0 Å². The van der Waals surface area contributed by atoms with Crippen LogP contribution < -0.4 is 0 Å². The van der Waals surface area contributed by atoms with Gasteiger partial charge in [-0.1, -0.05) is 39.3 Å². The minimum absolute atomic E-state index is 0.0117. The van der Waals surface area contributed by atoms with Gasteiger partial charge in [0.05, 0.1) is 20.3 Å². The van der Waals surface area contributed by atoms with Crippen LogP contribution in [-0.2, 0) is 28.5 Å². The summed E-state index contributed by atoms with van der Waals surface area (Å²) in [5, 5.41) is 0. The molecule has 0 aromatic heterocycles. The smallest absolute Gasteiger partial charge is 0.417 e. The molecule has 4 atom stereocenters. The lowest BCUT2D eigenvalue weighted by Gasteiger charge is -2.35. The zero-order chi connectivity index (χ0) is 25.5. The van der Waals surface area contributed by atoms with Gasteiger partial charge in [-0.25, -0.2) is 14.5 Å². The Morgan fingerprint density at radius 3 is 2.32 bits per heavy atom. The van der Waals surface area contributed by atoms with E-state index in [1.54, 1.807) is 20.8 Å². The van der Waals surface area contributed by atoms with E-state index in [9.17, 15) is 14.4 Å². The molecule has 1 aliphatic heterocycles. The molecular formula is C26H43NO7. The molecule has 34 heavy (non-hydrogen) atoms. The SMILES string of the molecule is CC/C=C\C[C@@H]1[C@@H](CC(=O)N(C(=O)OC(C)(C)C)[C@H](C(=O)OC)[C@@H](C)CC)CCC12OCCO2. The van der Waals surface area contributed by atoms with Crippen molar-refractivity contribution >= 4 is 18.0 Å². The average molecular weight is 482 g/mol. The summed E-state index contributed by atoms with van der Waals surface area (Å²) in [6.07, 6.45) is 7.17. The molecule has 2 amide bonds. The van der Waals surface area contributed by atoms with Crippen molar-refractivity contribution in [2.75, 3.05) is 20.3 Å². The molecule has 2 fully saturated rings. The van der Waals surface area contributed by atoms with Crippen molar-refractivity contribution in [1.82, 2.24) is 4.90 Å². The molecule has 1 saturated heterocycles. The first kappa shape index (κ1) is 28.3. The first-order chi connectivity index (χ1) is 16.0. The normalized spacial score (nSPS) is 23.7. The summed E-state index contributed by atoms with van der Waals surface area (Å²) in [5.74, 6) is -2.09. The second-order valence-electron chi connectivity index (χ2n) is 10.3. The van der Waals surface area contributed by atoms with Gasteiger partial charge < -0.3 is 18.9 Å². The van der Waals surface area contributed by atoms with Crippen molar-refractivity contribution in [2.24, 2.45) is 17.8 Å². The highest BCUT2D eigenvalue weighted by molar-refractivity contribution is 5.97. The highest BCUT2D eigenvalue weighted by Crippen LogP contribution is 2.49. The monoisotopic (exact) mass is 481 g/mol. The van der Waals surface area contributed by atoms with Crippen LogP contribution in [0.5, 0.6) is 0 Å². The first-order valence-corrected chi connectivity index (χ1v) is 12.5. The van der Waals surface area contributed by atoms with Crippen LogP contribution >= 0.6 is 0 Å². The second-order valence-corrected chi connectivity index (χ2v) is 10.3. The second kappa shape index (κ2) is 12.2. The highest BCUT2D eigenvalue weighted by Gasteiger charge is 2.53. The molecule has 1 aliphatic carbocycles. The van der Waals surface area contributed by atoms with E-state index in [1.807, 2.05) is 13.8 Å². The number of rotatable bonds is 9. The van der Waals surface area contributed by atoms with E-state index < -0.39 is 35.4 Å². The fraction of sp³-hybridized carbons (Fsp3) is 0.808. The lowest BCUT2D eigenvalue weighted by Crippen LogP contribution is -2.54. The topological polar surface area (TPSA) is 91.4 Å². The Morgan fingerprint density at radius 1 is 1.15 bits per heavy atom. The van der Waals surface area contributed by atoms with Gasteiger partial charge in [0.2, 0.25) is 5.91 Å². The van der Waals surface area contributed by atoms with Gasteiger partial charge in [-0.05, 0) is 51.9 Å². The number of allylic oxidation sites excluding steroid dienone is 2. The number of hydrogen-bond acceptors (Lipinski definition) is 7. The van der Waals surface area contributed by atoms with Crippen LogP contribution in [0.15, 0.2) is 12.2 Å². The Balaban J connectivity index is 2.34. The molecule has 0 aromatic carbocycles. The zero-order valence-electron chi connectivity index (χ0n) is 21.9. The average Bonchev–Trinajstić information content (AvgIpc) is 3.37. The summed E-state index contributed by atoms with van der Waals surface area (Å²) in [6.45, 7) is 12.1. The number of methoxy groups -OCH3 is 1. The summed E-state index contributed by atoms with van der Waals surface area (Å²) in [7, 11) is 1.26. The van der Waals surface area contributed by atoms with Gasteiger partial charge in [0, 0.05) is 18.8 Å². The third-order valence-electron chi connectivity index (χ3n) is 6.77. The summed E-state index contributed by atoms with van der Waals surface area (Å²) >= 11 is 0. The lowest BCUT2D eigenvalue weighted by molar-refractivity contribution is -0.186. The van der Waals surface area contributed by atoms with Gasteiger partial charge >= 0.3 is 12.1 Å². The number of hydrogen-bond donors (Lipinski definition) is 0. The highest BCUT2D eigenvalue weighted by atomic mass is 16.7. The molecule has 2 rings (SSSR count). The molecule has 0 bridgehead atoms. The number of carbonyl (C=O) groups is 3. The van der Waals surface area contributed by atoms with Crippen LogP contribution in [-0.4, -0.2) is 60.6 Å². The molecule has 1 spiro atoms. The fourth-order valence-electron chi connectivity index (χ4n) is 4.93. The van der Waals surface area contributed by atoms with E-state index in [1.165, 1.54) is 7.11 Å². The molecule has 8 heteroatoms. The zero-order valence-corrected chi connectivity index (χ0v) is 21.9. The van der Waals surface area contributed by atoms with Crippen LogP contribution in [0.25, 0.3) is 0 Å². The van der Waals surface area contributed by atoms with Crippen LogP contribution in [0.2, 0.25) is 0 Å². The maximum atomic E-state index is 13.7. The summed E-state index contributed by atoms with van der Waals surface area (Å²) in [5.41, 5.74) is -0.817. The van der Waals surface area contributed by atoms with Gasteiger partial charge in [0.25, 0.3) is 0 Å². The van der Waals surface area contributed by atoms with Gasteiger partial charge in [-0.3, -0.25) is 4.79 Å². The predicted octanol–water partition coefficient (Wildman–Crippen LogP) is 4.85. The van der Waals surface area contributed by atoms with Crippen molar-refractivity contribution in [3.63, 3.8) is 0 Å². The summed E-state index contributed by atoms with van der Waals surface area (Å²) < 4.78 is 22.6. The van der Waals surface area contributed by atoms with Crippen LogP contribution in [0.4, 0.5) is 4.79 Å². The Labute approximate surface area is 204 Å². The Kier molecular flexibility index (Phi) is 10.1. The molecule has 2 aliphatic rings. The van der Waals surface area contributed by atoms with Gasteiger partial charge in [0.1, 0.15) is 11.6 Å². The number of imide groups is 1. The van der Waals surface area contributed by atoms with Crippen molar-refractivity contribution in [2.45, 2.75) is 97.5 Å². The van der Waals surface area contributed by atoms with Crippen LogP contribution in [0.1, 0.15) is 80.1 Å². The molecule has 0 N–H and O–H groups in total. The summed E-state index contributed by atoms with van der Waals surface area (Å²) in [6, 6.07) is -1.05. The van der Waals surface area contributed by atoms with E-state index >= 15 is 0 Å². The molecule has 1 saturated carbocycles. The maximum Gasteiger partial charge on any atom is 0.417 e. The van der Waals surface area contributed by atoms with Crippen molar-refractivity contribution in [3.8, 4) is 0 Å². The summed E-state index contributed by atoms with van der Waals surface area (Å²) in [4.78, 5) is 40.6. The third-order valence-corrected chi connectivity index (χ3v) is 6.77. The molecule has 194 valence electrons. The number of ether oxygens (including phenoxy) is 4. The fourth-order valence-corrected chi connectivity index (χ4v) is 4.93. The molecular weight excluding hydrogens is 438 g/mol. The maximum absolute atomic E-state index is 13.7. The Hall–Kier alpha value is -1.93. The molecule has 0 unspecified atom stereocenters. The van der Waals surface area contributed by atoms with Crippen molar-refractivity contribution < 1.29 is 33.3 Å². The van der Waals surface area contributed by atoms with E-state index in [2.05, 4.69) is 19.1 Å². The van der Waals surface area contributed by atoms with Gasteiger partial charge in [0.15, 0.2) is 5.79 Å². The number of carbonyl (C=O) groups excluding carboxylic acids is 3.